The minimum absolute atomic E-state index is 0.167. The fraction of sp³-hybridized carbons (Fsp3) is 0.480. The van der Waals surface area contributed by atoms with E-state index in [1.165, 1.54) is 17.5 Å². The van der Waals surface area contributed by atoms with Crippen molar-refractivity contribution in [2.45, 2.75) is 58.9 Å². The number of piperidine rings is 1. The summed E-state index contributed by atoms with van der Waals surface area (Å²) in [7, 11) is 0. The highest BCUT2D eigenvalue weighted by Gasteiger charge is 2.30. The zero-order valence-electron chi connectivity index (χ0n) is 17.9. The van der Waals surface area contributed by atoms with Gasteiger partial charge in [-0.25, -0.2) is 4.79 Å². The molecular weight excluding hydrogens is 362 g/mol. The number of hydrogen-bond acceptors (Lipinski definition) is 4. The molecule has 1 aliphatic rings. The normalized spacial score (nSPS) is 17.7. The topological polar surface area (TPSA) is 38.8 Å². The van der Waals surface area contributed by atoms with E-state index in [-0.39, 0.29) is 12.0 Å². The quantitative estimate of drug-likeness (QED) is 0.629. The fourth-order valence-electron chi connectivity index (χ4n) is 3.47. The highest BCUT2D eigenvalue weighted by Crippen LogP contribution is 2.24. The van der Waals surface area contributed by atoms with Crippen LogP contribution in [0.1, 0.15) is 57.6 Å². The van der Waals surface area contributed by atoms with E-state index in [2.05, 4.69) is 36.4 Å². The first-order valence-electron chi connectivity index (χ1n) is 10.7. The Morgan fingerprint density at radius 2 is 1.69 bits per heavy atom. The molecule has 1 unspecified atom stereocenters. The van der Waals surface area contributed by atoms with Crippen molar-refractivity contribution in [2.24, 2.45) is 5.41 Å². The summed E-state index contributed by atoms with van der Waals surface area (Å²) in [5.41, 5.74) is 2.10. The smallest absolute Gasteiger partial charge is 0.330 e. The maximum atomic E-state index is 12.2. The predicted molar refractivity (Wildman–Crippen MR) is 116 cm³/mol. The first kappa shape index (κ1) is 21.4. The predicted octanol–water partition coefficient (Wildman–Crippen LogP) is 5.41. The Hall–Kier alpha value is -2.33. The third kappa shape index (κ3) is 6.60. The van der Waals surface area contributed by atoms with Crippen molar-refractivity contribution in [3.05, 3.63) is 65.7 Å². The van der Waals surface area contributed by atoms with Crippen molar-refractivity contribution in [3.63, 3.8) is 0 Å². The van der Waals surface area contributed by atoms with E-state index in [0.29, 0.717) is 6.61 Å². The van der Waals surface area contributed by atoms with E-state index in [9.17, 15) is 4.79 Å². The summed E-state index contributed by atoms with van der Waals surface area (Å²) < 4.78 is 5.97. The second kappa shape index (κ2) is 9.93. The van der Waals surface area contributed by atoms with E-state index < -0.39 is 5.41 Å². The molecule has 2 aromatic rings. The monoisotopic (exact) mass is 395 g/mol. The Kier molecular flexibility index (Phi) is 7.32. The van der Waals surface area contributed by atoms with Crippen LogP contribution in [0.2, 0.25) is 0 Å². The van der Waals surface area contributed by atoms with Crippen LogP contribution in [0.15, 0.2) is 54.6 Å². The van der Waals surface area contributed by atoms with Crippen LogP contribution in [0, 0.1) is 5.41 Å². The van der Waals surface area contributed by atoms with Crippen molar-refractivity contribution >= 4 is 5.97 Å². The summed E-state index contributed by atoms with van der Waals surface area (Å²) in [5, 5.41) is 1.88. The SMILES string of the molecule is CC(C)(C)C(=O)ON1CCCCC1CCOc1ccc(Cc2ccccc2)cc1. The van der Waals surface area contributed by atoms with Crippen LogP contribution in [0.25, 0.3) is 0 Å². The van der Waals surface area contributed by atoms with Gasteiger partial charge in [-0.1, -0.05) is 48.9 Å². The average molecular weight is 396 g/mol. The molecule has 1 heterocycles. The molecule has 0 bridgehead atoms. The summed E-state index contributed by atoms with van der Waals surface area (Å²) in [6, 6.07) is 19.0. The molecule has 1 atom stereocenters. The van der Waals surface area contributed by atoms with Gasteiger partial charge in [0.2, 0.25) is 0 Å². The summed E-state index contributed by atoms with van der Waals surface area (Å²) >= 11 is 0. The summed E-state index contributed by atoms with van der Waals surface area (Å²) in [6.45, 7) is 7.09. The van der Waals surface area contributed by atoms with Gasteiger partial charge in [0.1, 0.15) is 5.75 Å². The third-order valence-corrected chi connectivity index (χ3v) is 5.28. The largest absolute Gasteiger partial charge is 0.494 e. The molecule has 1 fully saturated rings. The van der Waals surface area contributed by atoms with E-state index in [1.807, 2.05) is 44.0 Å². The first-order chi connectivity index (χ1) is 13.9. The number of hydrogen-bond donors (Lipinski definition) is 0. The van der Waals surface area contributed by atoms with Crippen LogP contribution in [-0.2, 0) is 16.1 Å². The number of carbonyl (C=O) groups is 1. The summed E-state index contributed by atoms with van der Waals surface area (Å²) in [4.78, 5) is 17.9. The van der Waals surface area contributed by atoms with Crippen LogP contribution >= 0.6 is 0 Å². The zero-order valence-corrected chi connectivity index (χ0v) is 17.9. The fourth-order valence-corrected chi connectivity index (χ4v) is 3.47. The average Bonchev–Trinajstić information content (AvgIpc) is 2.70. The van der Waals surface area contributed by atoms with E-state index in [0.717, 1.165) is 38.0 Å². The molecule has 0 N–H and O–H groups in total. The van der Waals surface area contributed by atoms with Crippen LogP contribution < -0.4 is 4.74 Å². The lowest BCUT2D eigenvalue weighted by molar-refractivity contribution is -0.218. The molecule has 0 saturated carbocycles. The van der Waals surface area contributed by atoms with Crippen LogP contribution in [0.4, 0.5) is 0 Å². The van der Waals surface area contributed by atoms with Gasteiger partial charge in [-0.2, -0.15) is 0 Å². The van der Waals surface area contributed by atoms with Gasteiger partial charge >= 0.3 is 5.97 Å². The van der Waals surface area contributed by atoms with Gasteiger partial charge in [0.15, 0.2) is 0 Å². The Balaban J connectivity index is 1.47. The van der Waals surface area contributed by atoms with Gasteiger partial charge in [0.05, 0.1) is 12.0 Å². The van der Waals surface area contributed by atoms with Crippen LogP contribution in [-0.4, -0.2) is 30.2 Å². The molecule has 1 saturated heterocycles. The molecule has 0 spiro atoms. The number of ether oxygens (including phenoxy) is 1. The van der Waals surface area contributed by atoms with Gasteiger partial charge in [0, 0.05) is 19.0 Å². The Morgan fingerprint density at radius 3 is 2.38 bits per heavy atom. The lowest BCUT2D eigenvalue weighted by Crippen LogP contribution is -2.43. The minimum Gasteiger partial charge on any atom is -0.494 e. The summed E-state index contributed by atoms with van der Waals surface area (Å²) in [6.07, 6.45) is 5.05. The number of nitrogens with zero attached hydrogens (tertiary/aromatic N) is 1. The maximum absolute atomic E-state index is 12.2. The summed E-state index contributed by atoms with van der Waals surface area (Å²) in [5.74, 6) is 0.718. The second-order valence-corrected chi connectivity index (χ2v) is 8.86. The molecule has 0 aromatic heterocycles. The maximum Gasteiger partial charge on any atom is 0.330 e. The molecule has 3 rings (SSSR count). The van der Waals surface area contributed by atoms with E-state index in [4.69, 9.17) is 9.57 Å². The highest BCUT2D eigenvalue weighted by atomic mass is 16.7. The van der Waals surface area contributed by atoms with E-state index >= 15 is 0 Å². The van der Waals surface area contributed by atoms with Crippen molar-refractivity contribution in [3.8, 4) is 5.75 Å². The molecule has 2 aromatic carbocycles. The number of rotatable bonds is 7. The van der Waals surface area contributed by atoms with Crippen molar-refractivity contribution in [2.75, 3.05) is 13.2 Å². The standard InChI is InChI=1S/C25H33NO3/c1-25(2,3)24(27)29-26-17-8-7-11-22(26)16-18-28-23-14-12-21(13-15-23)19-20-9-5-4-6-10-20/h4-6,9-10,12-15,22H,7-8,11,16-19H2,1-3H3. The van der Waals surface area contributed by atoms with Gasteiger partial charge in [-0.3, -0.25) is 0 Å². The lowest BCUT2D eigenvalue weighted by atomic mass is 9.97. The van der Waals surface area contributed by atoms with Crippen molar-refractivity contribution < 1.29 is 14.4 Å². The molecule has 0 amide bonds. The van der Waals surface area contributed by atoms with Gasteiger partial charge in [-0.15, -0.1) is 5.06 Å². The molecule has 156 valence electrons. The van der Waals surface area contributed by atoms with Crippen LogP contribution in [0.5, 0.6) is 5.75 Å². The molecule has 4 nitrogen and oxygen atoms in total. The molecule has 29 heavy (non-hydrogen) atoms. The Morgan fingerprint density at radius 1 is 1.00 bits per heavy atom. The Labute approximate surface area is 174 Å². The lowest BCUT2D eigenvalue weighted by Gasteiger charge is -2.35. The van der Waals surface area contributed by atoms with Crippen molar-refractivity contribution in [1.29, 1.82) is 0 Å². The molecule has 0 radical (unpaired) electrons. The second-order valence-electron chi connectivity index (χ2n) is 8.86. The first-order valence-corrected chi connectivity index (χ1v) is 10.7. The highest BCUT2D eigenvalue weighted by molar-refractivity contribution is 5.75. The number of benzene rings is 2. The van der Waals surface area contributed by atoms with Crippen LogP contribution in [0.3, 0.4) is 0 Å². The van der Waals surface area contributed by atoms with Gasteiger partial charge < -0.3 is 9.57 Å². The third-order valence-electron chi connectivity index (χ3n) is 5.28. The van der Waals surface area contributed by atoms with E-state index in [1.54, 1.807) is 0 Å². The molecule has 4 heteroatoms. The Bertz CT molecular complexity index is 765. The molecule has 1 aliphatic heterocycles. The van der Waals surface area contributed by atoms with Gasteiger partial charge in [-0.05, 0) is 63.3 Å². The van der Waals surface area contributed by atoms with Crippen molar-refractivity contribution in [1.82, 2.24) is 5.06 Å². The molecule has 0 aliphatic carbocycles. The zero-order chi connectivity index (χ0) is 20.7. The molecular formula is C25H33NO3. The van der Waals surface area contributed by atoms with Gasteiger partial charge in [0.25, 0.3) is 0 Å². The number of carbonyl (C=O) groups excluding carboxylic acids is 1. The number of hydroxylamine groups is 2. The minimum atomic E-state index is -0.486.